The fraction of sp³-hybridized carbons (Fsp3) is 0.222. The number of thioether (sulfide) groups is 1. The molecule has 0 saturated heterocycles. The summed E-state index contributed by atoms with van der Waals surface area (Å²) in [6, 6.07) is 8.96. The maximum atomic E-state index is 12.9. The van der Waals surface area contributed by atoms with Crippen molar-refractivity contribution in [3.63, 3.8) is 0 Å². The van der Waals surface area contributed by atoms with Crippen molar-refractivity contribution in [1.82, 2.24) is 4.98 Å². The predicted molar refractivity (Wildman–Crippen MR) is 87.7 cm³/mol. The first-order valence-corrected chi connectivity index (χ1v) is 8.46. The van der Waals surface area contributed by atoms with Gasteiger partial charge in [-0.25, -0.2) is 9.37 Å². The molecule has 1 aliphatic carbocycles. The summed E-state index contributed by atoms with van der Waals surface area (Å²) in [6.07, 6.45) is 1.94. The SMILES string of the molecule is N#Cc1cc2c(nc1SCC(=O)c1ccc(F)cc1)CCCC2=O. The maximum Gasteiger partial charge on any atom is 0.173 e. The second kappa shape index (κ2) is 6.93. The number of rotatable bonds is 4. The maximum absolute atomic E-state index is 12.9. The number of benzene rings is 1. The molecule has 6 heteroatoms. The average molecular weight is 340 g/mol. The number of pyridine rings is 1. The molecule has 120 valence electrons. The number of Topliss-reactive ketones (excluding diaryl/α,β-unsaturated/α-hetero) is 2. The van der Waals surface area contributed by atoms with Crippen LogP contribution in [0.1, 0.15) is 44.8 Å². The number of aryl methyl sites for hydroxylation is 1. The molecular weight excluding hydrogens is 327 g/mol. The van der Waals surface area contributed by atoms with Crippen molar-refractivity contribution in [2.75, 3.05) is 5.75 Å². The number of hydrogen-bond acceptors (Lipinski definition) is 5. The van der Waals surface area contributed by atoms with E-state index in [2.05, 4.69) is 4.98 Å². The molecule has 2 aromatic rings. The van der Waals surface area contributed by atoms with Crippen molar-refractivity contribution in [2.24, 2.45) is 0 Å². The van der Waals surface area contributed by atoms with E-state index in [0.717, 1.165) is 18.2 Å². The summed E-state index contributed by atoms with van der Waals surface area (Å²) in [6.45, 7) is 0. The summed E-state index contributed by atoms with van der Waals surface area (Å²) in [5.74, 6) is -0.453. The van der Waals surface area contributed by atoms with Crippen molar-refractivity contribution in [2.45, 2.75) is 24.3 Å². The van der Waals surface area contributed by atoms with Gasteiger partial charge >= 0.3 is 0 Å². The van der Waals surface area contributed by atoms with Gasteiger partial charge in [-0.05, 0) is 43.2 Å². The van der Waals surface area contributed by atoms with Gasteiger partial charge < -0.3 is 0 Å². The molecule has 0 saturated carbocycles. The molecule has 24 heavy (non-hydrogen) atoms. The predicted octanol–water partition coefficient (Wildman–Crippen LogP) is 3.59. The molecule has 1 heterocycles. The quantitative estimate of drug-likeness (QED) is 0.628. The number of aromatic nitrogens is 1. The Morgan fingerprint density at radius 3 is 2.75 bits per heavy atom. The Morgan fingerprint density at radius 1 is 1.29 bits per heavy atom. The Kier molecular flexibility index (Phi) is 4.72. The molecule has 1 aromatic carbocycles. The molecule has 4 nitrogen and oxygen atoms in total. The van der Waals surface area contributed by atoms with Gasteiger partial charge in [-0.1, -0.05) is 11.8 Å². The van der Waals surface area contributed by atoms with Crippen LogP contribution >= 0.6 is 11.8 Å². The number of nitrogens with zero attached hydrogens (tertiary/aromatic N) is 2. The Morgan fingerprint density at radius 2 is 2.04 bits per heavy atom. The van der Waals surface area contributed by atoms with Gasteiger partial charge in [-0.3, -0.25) is 9.59 Å². The van der Waals surface area contributed by atoms with Crippen molar-refractivity contribution < 1.29 is 14.0 Å². The summed E-state index contributed by atoms with van der Waals surface area (Å²) in [4.78, 5) is 28.5. The number of carbonyl (C=O) groups is 2. The van der Waals surface area contributed by atoms with Crippen molar-refractivity contribution in [3.05, 3.63) is 58.5 Å². The zero-order chi connectivity index (χ0) is 17.1. The van der Waals surface area contributed by atoms with Crippen LogP contribution in [0.3, 0.4) is 0 Å². The molecule has 0 spiro atoms. The van der Waals surface area contributed by atoms with E-state index in [0.29, 0.717) is 40.3 Å². The third kappa shape index (κ3) is 3.36. The fourth-order valence-corrected chi connectivity index (χ4v) is 3.43. The summed E-state index contributed by atoms with van der Waals surface area (Å²) in [7, 11) is 0. The second-order valence-electron chi connectivity index (χ2n) is 5.44. The molecule has 0 atom stereocenters. The minimum atomic E-state index is -0.396. The Hall–Kier alpha value is -2.52. The van der Waals surface area contributed by atoms with Gasteiger partial charge in [-0.2, -0.15) is 5.26 Å². The van der Waals surface area contributed by atoms with E-state index in [1.54, 1.807) is 6.07 Å². The zero-order valence-electron chi connectivity index (χ0n) is 12.7. The summed E-state index contributed by atoms with van der Waals surface area (Å²) in [5.41, 5.74) is 1.94. The molecule has 0 unspecified atom stereocenters. The van der Waals surface area contributed by atoms with Gasteiger partial charge in [0, 0.05) is 17.5 Å². The normalized spacial score (nSPS) is 13.2. The third-order valence-electron chi connectivity index (χ3n) is 3.81. The second-order valence-corrected chi connectivity index (χ2v) is 6.41. The van der Waals surface area contributed by atoms with Gasteiger partial charge in [0.15, 0.2) is 11.6 Å². The van der Waals surface area contributed by atoms with Gasteiger partial charge in [0.05, 0.1) is 17.0 Å². The lowest BCUT2D eigenvalue weighted by Gasteiger charge is -2.15. The number of ketones is 2. The largest absolute Gasteiger partial charge is 0.294 e. The molecular formula is C18H13FN2O2S. The third-order valence-corrected chi connectivity index (χ3v) is 4.80. The molecule has 1 aliphatic rings. The number of nitriles is 1. The van der Waals surface area contributed by atoms with Gasteiger partial charge in [0.25, 0.3) is 0 Å². The van der Waals surface area contributed by atoms with Crippen molar-refractivity contribution in [3.8, 4) is 6.07 Å². The van der Waals surface area contributed by atoms with Crippen molar-refractivity contribution in [1.29, 1.82) is 5.26 Å². The van der Waals surface area contributed by atoms with Crippen LogP contribution < -0.4 is 0 Å². The Balaban J connectivity index is 1.80. The molecule has 0 N–H and O–H groups in total. The number of halogens is 1. The smallest absolute Gasteiger partial charge is 0.173 e. The van der Waals surface area contributed by atoms with Gasteiger partial charge in [-0.15, -0.1) is 0 Å². The fourth-order valence-electron chi connectivity index (χ4n) is 2.56. The van der Waals surface area contributed by atoms with E-state index in [4.69, 9.17) is 0 Å². The van der Waals surface area contributed by atoms with Crippen LogP contribution in [0.25, 0.3) is 0 Å². The first-order chi connectivity index (χ1) is 11.6. The van der Waals surface area contributed by atoms with Crippen LogP contribution in [0.4, 0.5) is 4.39 Å². The number of fused-ring (bicyclic) bond motifs is 1. The molecule has 1 aromatic heterocycles. The summed E-state index contributed by atoms with van der Waals surface area (Å²) >= 11 is 1.16. The van der Waals surface area contributed by atoms with E-state index < -0.39 is 5.82 Å². The van der Waals surface area contributed by atoms with Crippen LogP contribution in [0.2, 0.25) is 0 Å². The molecule has 0 radical (unpaired) electrons. The lowest BCUT2D eigenvalue weighted by molar-refractivity contribution is 0.0969. The lowest BCUT2D eigenvalue weighted by atomic mass is 9.94. The summed E-state index contributed by atoms with van der Waals surface area (Å²) in [5, 5.41) is 9.74. The topological polar surface area (TPSA) is 70.8 Å². The zero-order valence-corrected chi connectivity index (χ0v) is 13.5. The van der Waals surface area contributed by atoms with Crippen LogP contribution in [0.5, 0.6) is 0 Å². The number of hydrogen-bond donors (Lipinski definition) is 0. The van der Waals surface area contributed by atoms with Crippen LogP contribution in [0, 0.1) is 17.1 Å². The standard InChI is InChI=1S/C18H13FN2O2S/c19-13-6-4-11(5-7-13)17(23)10-24-18-12(9-20)8-14-15(21-18)2-1-3-16(14)22/h4-8H,1-3,10H2. The van der Waals surface area contributed by atoms with E-state index in [1.165, 1.54) is 24.3 Å². The first kappa shape index (κ1) is 16.3. The minimum absolute atomic E-state index is 0.0131. The minimum Gasteiger partial charge on any atom is -0.294 e. The highest BCUT2D eigenvalue weighted by Gasteiger charge is 2.21. The molecule has 0 fully saturated rings. The number of carbonyl (C=O) groups excluding carboxylic acids is 2. The molecule has 3 rings (SSSR count). The Bertz CT molecular complexity index is 857. The van der Waals surface area contributed by atoms with Gasteiger partial charge in [0.1, 0.15) is 16.9 Å². The highest BCUT2D eigenvalue weighted by Crippen LogP contribution is 2.27. The van der Waals surface area contributed by atoms with E-state index in [1.807, 2.05) is 6.07 Å². The summed E-state index contributed by atoms with van der Waals surface area (Å²) < 4.78 is 12.9. The van der Waals surface area contributed by atoms with E-state index >= 15 is 0 Å². The Labute approximate surface area is 142 Å². The first-order valence-electron chi connectivity index (χ1n) is 7.47. The van der Waals surface area contributed by atoms with E-state index in [9.17, 15) is 19.2 Å². The van der Waals surface area contributed by atoms with Crippen LogP contribution in [0.15, 0.2) is 35.4 Å². The monoisotopic (exact) mass is 340 g/mol. The van der Waals surface area contributed by atoms with Crippen molar-refractivity contribution >= 4 is 23.3 Å². The molecule has 0 bridgehead atoms. The van der Waals surface area contributed by atoms with Crippen LogP contribution in [-0.2, 0) is 6.42 Å². The van der Waals surface area contributed by atoms with E-state index in [-0.39, 0.29) is 17.3 Å². The molecule has 0 amide bonds. The molecule has 0 aliphatic heterocycles. The van der Waals surface area contributed by atoms with Crippen LogP contribution in [-0.4, -0.2) is 22.3 Å². The highest BCUT2D eigenvalue weighted by atomic mass is 32.2. The average Bonchev–Trinajstić information content (AvgIpc) is 2.60. The lowest BCUT2D eigenvalue weighted by Crippen LogP contribution is -2.14. The highest BCUT2D eigenvalue weighted by molar-refractivity contribution is 8.00. The van der Waals surface area contributed by atoms with Gasteiger partial charge in [0.2, 0.25) is 0 Å².